The molecule has 12 heteroatoms. The molecule has 302 valence electrons. The summed E-state index contributed by atoms with van der Waals surface area (Å²) < 4.78 is 32.5. The molecule has 0 saturated heterocycles. The lowest BCUT2D eigenvalue weighted by Crippen LogP contribution is -2.34. The fourth-order valence-electron chi connectivity index (χ4n) is 4.62. The number of ether oxygens (including phenoxy) is 2. The molecule has 0 aliphatic heterocycles. The minimum Gasteiger partial charge on any atom is -0.480 e. The van der Waals surface area contributed by atoms with E-state index in [4.69, 9.17) is 24.8 Å². The lowest BCUT2D eigenvalue weighted by molar-refractivity contribution is -0.161. The normalized spacial score (nSPS) is 14.6. The number of carboxylic acids is 1. The van der Waals surface area contributed by atoms with Gasteiger partial charge in [0.2, 0.25) is 0 Å². The first-order valence-electron chi connectivity index (χ1n) is 19.5. The van der Waals surface area contributed by atoms with Crippen molar-refractivity contribution in [2.75, 3.05) is 19.8 Å². The van der Waals surface area contributed by atoms with Crippen LogP contribution in [0.2, 0.25) is 0 Å². The highest BCUT2D eigenvalue weighted by molar-refractivity contribution is 7.47. The van der Waals surface area contributed by atoms with Crippen molar-refractivity contribution in [1.82, 2.24) is 0 Å². The lowest BCUT2D eigenvalue weighted by Gasteiger charge is -2.20. The standard InChI is InChI=1S/C41H68NO10P/c1-3-5-7-9-11-13-15-17-18-19-20-21-23-25-27-29-31-33-40(44)52-37(35-50-53(47,48)51-36-38(42)41(45)46)34-49-39(43)32-30-28-26-24-22-16-14-12-10-8-6-4-2/h5,7,11-14,17-18,20-21,25,27,37-38H,3-4,6,8-10,15-16,19,22-24,26,28-36,42H2,1-2H3,(H,45,46)(H,47,48)/b7-5-,13-11-,14-12-,18-17-,21-20-,27-25-. The highest BCUT2D eigenvalue weighted by Crippen LogP contribution is 2.43. The van der Waals surface area contributed by atoms with Gasteiger partial charge in [-0.05, 0) is 77.0 Å². The van der Waals surface area contributed by atoms with Crippen LogP contribution < -0.4 is 5.73 Å². The van der Waals surface area contributed by atoms with Gasteiger partial charge in [0.15, 0.2) is 6.10 Å². The molecule has 0 spiro atoms. The summed E-state index contributed by atoms with van der Waals surface area (Å²) in [5.41, 5.74) is 5.31. The van der Waals surface area contributed by atoms with Crippen molar-refractivity contribution in [3.8, 4) is 0 Å². The molecule has 0 aromatic rings. The van der Waals surface area contributed by atoms with Gasteiger partial charge in [-0.2, -0.15) is 0 Å². The average molecular weight is 766 g/mol. The van der Waals surface area contributed by atoms with E-state index >= 15 is 0 Å². The number of allylic oxidation sites excluding steroid dienone is 12. The molecule has 3 unspecified atom stereocenters. The Labute approximate surface area is 319 Å². The zero-order chi connectivity index (χ0) is 39.3. The minimum atomic E-state index is -4.73. The predicted octanol–water partition coefficient (Wildman–Crippen LogP) is 9.78. The van der Waals surface area contributed by atoms with E-state index in [0.29, 0.717) is 19.3 Å². The Hall–Kier alpha value is -3.08. The van der Waals surface area contributed by atoms with Crippen molar-refractivity contribution >= 4 is 25.7 Å². The molecular formula is C41H68NO10P. The van der Waals surface area contributed by atoms with Crippen molar-refractivity contribution < 1.29 is 47.5 Å². The molecule has 0 rings (SSSR count). The maximum absolute atomic E-state index is 12.6. The molecule has 3 atom stereocenters. The number of nitrogens with two attached hydrogens (primary N) is 1. The first kappa shape index (κ1) is 49.9. The van der Waals surface area contributed by atoms with E-state index in [1.807, 2.05) is 12.2 Å². The van der Waals surface area contributed by atoms with Crippen LogP contribution in [0.25, 0.3) is 0 Å². The largest absolute Gasteiger partial charge is 0.480 e. The maximum Gasteiger partial charge on any atom is 0.472 e. The van der Waals surface area contributed by atoms with Crippen molar-refractivity contribution in [3.05, 3.63) is 72.9 Å². The average Bonchev–Trinajstić information content (AvgIpc) is 3.13. The molecule has 0 aliphatic rings. The third kappa shape index (κ3) is 35.7. The van der Waals surface area contributed by atoms with E-state index < -0.39 is 51.1 Å². The number of esters is 2. The van der Waals surface area contributed by atoms with E-state index in [-0.39, 0.29) is 19.4 Å². The number of carbonyl (C=O) groups excluding carboxylic acids is 2. The van der Waals surface area contributed by atoms with Crippen LogP contribution in [-0.2, 0) is 37.5 Å². The van der Waals surface area contributed by atoms with Gasteiger partial charge in [-0.3, -0.25) is 23.4 Å². The molecule has 4 N–H and O–H groups in total. The second-order valence-corrected chi connectivity index (χ2v) is 14.1. The summed E-state index contributed by atoms with van der Waals surface area (Å²) in [6.07, 6.45) is 41.2. The minimum absolute atomic E-state index is 0.0775. The van der Waals surface area contributed by atoms with E-state index in [2.05, 4.69) is 79.1 Å². The fourth-order valence-corrected chi connectivity index (χ4v) is 5.40. The van der Waals surface area contributed by atoms with Gasteiger partial charge in [0.1, 0.15) is 12.6 Å². The monoisotopic (exact) mass is 765 g/mol. The van der Waals surface area contributed by atoms with Crippen LogP contribution in [0.5, 0.6) is 0 Å². The van der Waals surface area contributed by atoms with Gasteiger partial charge >= 0.3 is 25.7 Å². The topological polar surface area (TPSA) is 172 Å². The Morgan fingerprint density at radius 2 is 1.08 bits per heavy atom. The molecule has 0 saturated carbocycles. The van der Waals surface area contributed by atoms with Crippen LogP contribution in [0.15, 0.2) is 72.9 Å². The second-order valence-electron chi connectivity index (χ2n) is 12.7. The summed E-state index contributed by atoms with van der Waals surface area (Å²) in [6, 6.07) is -1.53. The fraction of sp³-hybridized carbons (Fsp3) is 0.634. The highest BCUT2D eigenvalue weighted by atomic mass is 31.2. The number of unbranched alkanes of at least 4 members (excludes halogenated alkanes) is 9. The SMILES string of the molecule is CC/C=C\C/C=C\C/C=C\C/C=C\C/C=C\CCCC(=O)OC(COC(=O)CCCCCCC/C=C\CCCCC)COP(=O)(O)OCC(N)C(=O)O. The Bertz CT molecular complexity index is 1180. The van der Waals surface area contributed by atoms with E-state index in [1.165, 1.54) is 19.3 Å². The van der Waals surface area contributed by atoms with Crippen LogP contribution in [0.1, 0.15) is 136 Å². The van der Waals surface area contributed by atoms with Crippen LogP contribution in [0, 0.1) is 0 Å². The van der Waals surface area contributed by atoms with Crippen molar-refractivity contribution in [1.29, 1.82) is 0 Å². The maximum atomic E-state index is 12.6. The molecule has 0 aromatic carbocycles. The number of carboxylic acid groups (broad SMARTS) is 1. The zero-order valence-electron chi connectivity index (χ0n) is 32.3. The number of rotatable bonds is 35. The summed E-state index contributed by atoms with van der Waals surface area (Å²) in [7, 11) is -4.73. The van der Waals surface area contributed by atoms with E-state index in [0.717, 1.165) is 70.6 Å². The Morgan fingerprint density at radius 1 is 0.604 bits per heavy atom. The second kappa shape index (κ2) is 35.9. The summed E-state index contributed by atoms with van der Waals surface area (Å²) in [5, 5.41) is 8.86. The number of hydrogen-bond donors (Lipinski definition) is 3. The predicted molar refractivity (Wildman–Crippen MR) is 212 cm³/mol. The Morgan fingerprint density at radius 3 is 1.66 bits per heavy atom. The Kier molecular flexibility index (Phi) is 33.8. The molecule has 0 amide bonds. The zero-order valence-corrected chi connectivity index (χ0v) is 33.2. The van der Waals surface area contributed by atoms with Gasteiger partial charge in [0, 0.05) is 12.8 Å². The molecular weight excluding hydrogens is 697 g/mol. The van der Waals surface area contributed by atoms with Crippen LogP contribution >= 0.6 is 7.82 Å². The van der Waals surface area contributed by atoms with Crippen molar-refractivity contribution in [2.45, 2.75) is 148 Å². The molecule has 0 aliphatic carbocycles. The highest BCUT2D eigenvalue weighted by Gasteiger charge is 2.28. The number of aliphatic carboxylic acids is 1. The number of phosphoric acid groups is 1. The van der Waals surface area contributed by atoms with E-state index in [1.54, 1.807) is 0 Å². The van der Waals surface area contributed by atoms with Gasteiger partial charge in [0.25, 0.3) is 0 Å². The lowest BCUT2D eigenvalue weighted by atomic mass is 10.1. The summed E-state index contributed by atoms with van der Waals surface area (Å²) in [6.45, 7) is 2.56. The third-order valence-electron chi connectivity index (χ3n) is 7.69. The molecule has 0 radical (unpaired) electrons. The first-order valence-corrected chi connectivity index (χ1v) is 21.0. The first-order chi connectivity index (χ1) is 25.6. The Balaban J connectivity index is 4.57. The summed E-state index contributed by atoms with van der Waals surface area (Å²) >= 11 is 0. The van der Waals surface area contributed by atoms with Crippen molar-refractivity contribution in [2.24, 2.45) is 5.73 Å². The summed E-state index contributed by atoms with van der Waals surface area (Å²) in [5.74, 6) is -2.48. The van der Waals surface area contributed by atoms with Crippen LogP contribution in [0.4, 0.5) is 0 Å². The van der Waals surface area contributed by atoms with Crippen LogP contribution in [-0.4, -0.2) is 59.9 Å². The molecule has 0 bridgehead atoms. The van der Waals surface area contributed by atoms with Gasteiger partial charge in [-0.15, -0.1) is 0 Å². The smallest absolute Gasteiger partial charge is 0.472 e. The molecule has 11 nitrogen and oxygen atoms in total. The molecule has 53 heavy (non-hydrogen) atoms. The molecule has 0 aromatic heterocycles. The van der Waals surface area contributed by atoms with Crippen molar-refractivity contribution in [3.63, 3.8) is 0 Å². The quantitative estimate of drug-likeness (QED) is 0.0243. The number of carbonyl (C=O) groups is 3. The van der Waals surface area contributed by atoms with Crippen LogP contribution in [0.3, 0.4) is 0 Å². The van der Waals surface area contributed by atoms with Gasteiger partial charge < -0.3 is 25.2 Å². The number of phosphoric ester groups is 1. The van der Waals surface area contributed by atoms with E-state index in [9.17, 15) is 23.8 Å². The summed E-state index contributed by atoms with van der Waals surface area (Å²) in [4.78, 5) is 45.7. The molecule has 0 fully saturated rings. The number of hydrogen-bond acceptors (Lipinski definition) is 9. The van der Waals surface area contributed by atoms with Gasteiger partial charge in [0.05, 0.1) is 13.2 Å². The van der Waals surface area contributed by atoms with Gasteiger partial charge in [-0.25, -0.2) is 4.57 Å². The molecule has 0 heterocycles. The van der Waals surface area contributed by atoms with Gasteiger partial charge in [-0.1, -0.05) is 119 Å². The third-order valence-corrected chi connectivity index (χ3v) is 8.64.